The number of halogens is 2. The molecule has 1 fully saturated rings. The Bertz CT molecular complexity index is 1020. The molecule has 4 rings (SSSR count). The quantitative estimate of drug-likeness (QED) is 0.757. The smallest absolute Gasteiger partial charge is 0.251 e. The summed E-state index contributed by atoms with van der Waals surface area (Å²) in [5.41, 5.74) is 6.86. The molecule has 2 atom stereocenters. The van der Waals surface area contributed by atoms with Crippen LogP contribution in [0, 0.1) is 5.82 Å². The summed E-state index contributed by atoms with van der Waals surface area (Å²) in [5.74, 6) is -2.65. The molecule has 1 aromatic heterocycles. The van der Waals surface area contributed by atoms with E-state index < -0.39 is 23.8 Å². The summed E-state index contributed by atoms with van der Waals surface area (Å²) in [6, 6.07) is 9.18. The highest BCUT2D eigenvalue weighted by Gasteiger charge is 2.25. The van der Waals surface area contributed by atoms with Gasteiger partial charge in [-0.05, 0) is 42.8 Å². The zero-order valence-electron chi connectivity index (χ0n) is 14.9. The molecular formula is C19H18F2N4O. The molecule has 0 saturated carbocycles. The number of carbonyl (C=O) groups is 1. The lowest BCUT2D eigenvalue weighted by atomic mass is 9.90. The molecule has 3 N–H and O–H groups in total. The van der Waals surface area contributed by atoms with Crippen LogP contribution >= 0.6 is 0 Å². The van der Waals surface area contributed by atoms with Crippen molar-refractivity contribution in [2.45, 2.75) is 18.5 Å². The Morgan fingerprint density at radius 2 is 2.12 bits per heavy atom. The zero-order chi connectivity index (χ0) is 19.2. The SMILES string of the molecule is [2H]C1(c2ccc(-n3cc4cc(F)cc(C(N)=O)c4n3)cc2)CNCCC1F. The van der Waals surface area contributed by atoms with Crippen molar-refractivity contribution in [2.75, 3.05) is 13.1 Å². The number of piperidine rings is 1. The number of hydrogen-bond acceptors (Lipinski definition) is 3. The fourth-order valence-corrected chi connectivity index (χ4v) is 3.27. The molecule has 7 heteroatoms. The molecule has 26 heavy (non-hydrogen) atoms. The predicted molar refractivity (Wildman–Crippen MR) is 94.7 cm³/mol. The summed E-state index contributed by atoms with van der Waals surface area (Å²) in [7, 11) is 0. The number of alkyl halides is 1. The Morgan fingerprint density at radius 3 is 2.81 bits per heavy atom. The van der Waals surface area contributed by atoms with Gasteiger partial charge in [0.05, 0.1) is 11.3 Å². The maximum Gasteiger partial charge on any atom is 0.251 e. The van der Waals surface area contributed by atoms with Crippen LogP contribution < -0.4 is 11.1 Å². The minimum absolute atomic E-state index is 0.0130. The molecule has 0 bridgehead atoms. The first-order chi connectivity index (χ1) is 12.9. The van der Waals surface area contributed by atoms with Gasteiger partial charge in [0, 0.05) is 25.4 Å². The number of carbonyl (C=O) groups excluding carboxylic acids is 1. The average Bonchev–Trinajstić information content (AvgIpc) is 3.07. The Morgan fingerprint density at radius 1 is 1.35 bits per heavy atom. The first-order valence-corrected chi connectivity index (χ1v) is 8.33. The van der Waals surface area contributed by atoms with E-state index in [0.29, 0.717) is 35.1 Å². The van der Waals surface area contributed by atoms with Crippen LogP contribution in [0.15, 0.2) is 42.6 Å². The van der Waals surface area contributed by atoms with Gasteiger partial charge in [0.1, 0.15) is 17.5 Å². The molecule has 1 aliphatic rings. The van der Waals surface area contributed by atoms with E-state index in [0.717, 1.165) is 6.07 Å². The third kappa shape index (κ3) is 2.94. The van der Waals surface area contributed by atoms with Crippen LogP contribution in [0.5, 0.6) is 0 Å². The van der Waals surface area contributed by atoms with Crippen molar-refractivity contribution in [1.82, 2.24) is 15.1 Å². The number of nitrogens with zero attached hydrogens (tertiary/aromatic N) is 2. The highest BCUT2D eigenvalue weighted by molar-refractivity contribution is 6.04. The first kappa shape index (κ1) is 15.5. The number of fused-ring (bicyclic) bond motifs is 1. The van der Waals surface area contributed by atoms with Gasteiger partial charge in [0.2, 0.25) is 0 Å². The monoisotopic (exact) mass is 357 g/mol. The second-order valence-corrected chi connectivity index (χ2v) is 6.33. The van der Waals surface area contributed by atoms with E-state index in [4.69, 9.17) is 7.10 Å². The van der Waals surface area contributed by atoms with Crippen molar-refractivity contribution < 1.29 is 14.9 Å². The minimum Gasteiger partial charge on any atom is -0.366 e. The molecule has 2 aromatic carbocycles. The summed E-state index contributed by atoms with van der Waals surface area (Å²) in [6.07, 6.45) is 0.659. The third-order valence-electron chi connectivity index (χ3n) is 4.61. The molecule has 1 saturated heterocycles. The van der Waals surface area contributed by atoms with Crippen molar-refractivity contribution in [3.05, 3.63) is 59.5 Å². The first-order valence-electron chi connectivity index (χ1n) is 8.83. The molecular weight excluding hydrogens is 338 g/mol. The summed E-state index contributed by atoms with van der Waals surface area (Å²) in [5, 5.41) is 7.85. The number of nitrogens with one attached hydrogen (secondary N) is 1. The molecule has 0 spiro atoms. The van der Waals surface area contributed by atoms with Gasteiger partial charge in [0.25, 0.3) is 5.91 Å². The van der Waals surface area contributed by atoms with Gasteiger partial charge in [0.15, 0.2) is 0 Å². The maximum absolute atomic E-state index is 14.3. The number of nitrogens with two attached hydrogens (primary N) is 1. The highest BCUT2D eigenvalue weighted by Crippen LogP contribution is 2.27. The van der Waals surface area contributed by atoms with E-state index >= 15 is 0 Å². The molecule has 0 radical (unpaired) electrons. The van der Waals surface area contributed by atoms with E-state index in [1.165, 1.54) is 10.7 Å². The van der Waals surface area contributed by atoms with Crippen LogP contribution in [0.3, 0.4) is 0 Å². The van der Waals surface area contributed by atoms with Crippen LogP contribution in [0.1, 0.15) is 29.6 Å². The van der Waals surface area contributed by atoms with Crippen LogP contribution in [0.25, 0.3) is 16.6 Å². The fraction of sp³-hybridized carbons (Fsp3) is 0.263. The lowest BCUT2D eigenvalue weighted by Crippen LogP contribution is -2.36. The molecule has 5 nitrogen and oxygen atoms in total. The predicted octanol–water partition coefficient (Wildman–Crippen LogP) is 2.68. The van der Waals surface area contributed by atoms with Gasteiger partial charge >= 0.3 is 0 Å². The van der Waals surface area contributed by atoms with E-state index in [1.807, 2.05) is 0 Å². The van der Waals surface area contributed by atoms with E-state index in [2.05, 4.69) is 10.4 Å². The Hall–Kier alpha value is -2.80. The fourth-order valence-electron chi connectivity index (χ4n) is 3.27. The molecule has 1 aliphatic heterocycles. The van der Waals surface area contributed by atoms with Gasteiger partial charge in [-0.2, -0.15) is 5.10 Å². The molecule has 2 unspecified atom stereocenters. The van der Waals surface area contributed by atoms with Gasteiger partial charge < -0.3 is 11.1 Å². The third-order valence-corrected chi connectivity index (χ3v) is 4.61. The number of aromatic nitrogens is 2. The van der Waals surface area contributed by atoms with Gasteiger partial charge in [-0.25, -0.2) is 13.5 Å². The van der Waals surface area contributed by atoms with Crippen molar-refractivity contribution in [1.29, 1.82) is 0 Å². The lowest BCUT2D eigenvalue weighted by Gasteiger charge is -2.27. The number of hydrogen-bond donors (Lipinski definition) is 2. The standard InChI is InChI=1S/C19H18F2N4O/c20-13-7-12-10-25(24-18(12)15(8-13)19(22)26)14-3-1-11(2-4-14)16-9-23-6-5-17(16)21/h1-4,7-8,10,16-17,23H,5-6,9H2,(H2,22,26)/i16D. The van der Waals surface area contributed by atoms with Crippen LogP contribution in [0.2, 0.25) is 0 Å². The Kier molecular flexibility index (Phi) is 3.86. The lowest BCUT2D eigenvalue weighted by molar-refractivity contribution is 0.100. The second kappa shape index (κ2) is 6.49. The maximum atomic E-state index is 14.3. The van der Waals surface area contributed by atoms with Crippen molar-refractivity contribution in [3.8, 4) is 5.69 Å². The van der Waals surface area contributed by atoms with Crippen LogP contribution in [-0.4, -0.2) is 34.9 Å². The van der Waals surface area contributed by atoms with Gasteiger partial charge in [-0.1, -0.05) is 12.1 Å². The van der Waals surface area contributed by atoms with E-state index in [1.54, 1.807) is 30.5 Å². The van der Waals surface area contributed by atoms with Crippen LogP contribution in [0.4, 0.5) is 8.78 Å². The summed E-state index contributed by atoms with van der Waals surface area (Å²) < 4.78 is 38.0. The zero-order valence-corrected chi connectivity index (χ0v) is 13.9. The molecule has 3 aromatic rings. The molecule has 2 heterocycles. The van der Waals surface area contributed by atoms with Crippen molar-refractivity contribution >= 4 is 16.8 Å². The summed E-state index contributed by atoms with van der Waals surface area (Å²) in [4.78, 5) is 11.5. The van der Waals surface area contributed by atoms with Crippen LogP contribution in [-0.2, 0) is 0 Å². The number of rotatable bonds is 3. The molecule has 0 aliphatic carbocycles. The summed E-state index contributed by atoms with van der Waals surface area (Å²) >= 11 is 0. The molecule has 1 amide bonds. The van der Waals surface area contributed by atoms with Gasteiger partial charge in [-0.15, -0.1) is 0 Å². The highest BCUT2D eigenvalue weighted by atomic mass is 19.1. The Balaban J connectivity index is 1.72. The van der Waals surface area contributed by atoms with E-state index in [9.17, 15) is 13.6 Å². The molecule has 134 valence electrons. The number of primary amides is 1. The second-order valence-electron chi connectivity index (χ2n) is 6.33. The number of amides is 1. The average molecular weight is 357 g/mol. The number of benzene rings is 2. The largest absolute Gasteiger partial charge is 0.366 e. The van der Waals surface area contributed by atoms with Crippen molar-refractivity contribution in [2.24, 2.45) is 5.73 Å². The Labute approximate surface area is 150 Å². The normalized spacial score (nSPS) is 23.8. The minimum atomic E-state index is -1.33. The van der Waals surface area contributed by atoms with Gasteiger partial charge in [-0.3, -0.25) is 4.79 Å². The van der Waals surface area contributed by atoms with Crippen molar-refractivity contribution in [3.63, 3.8) is 0 Å². The topological polar surface area (TPSA) is 72.9 Å². The summed E-state index contributed by atoms with van der Waals surface area (Å²) in [6.45, 7) is 0.818. The van der Waals surface area contributed by atoms with E-state index in [-0.39, 0.29) is 12.1 Å².